The molecular formula is C75H146O17P2. The van der Waals surface area contributed by atoms with Crippen LogP contribution in [0.4, 0.5) is 0 Å². The Morgan fingerprint density at radius 2 is 0.489 bits per heavy atom. The van der Waals surface area contributed by atoms with Gasteiger partial charge in [0.1, 0.15) is 19.3 Å². The van der Waals surface area contributed by atoms with Crippen molar-refractivity contribution in [1.82, 2.24) is 0 Å². The predicted octanol–water partition coefficient (Wildman–Crippen LogP) is 22.1. The van der Waals surface area contributed by atoms with E-state index in [0.29, 0.717) is 25.7 Å². The maximum Gasteiger partial charge on any atom is 0.472 e. The van der Waals surface area contributed by atoms with Crippen LogP contribution in [0.5, 0.6) is 0 Å². The van der Waals surface area contributed by atoms with Crippen LogP contribution in [0, 0.1) is 5.92 Å². The lowest BCUT2D eigenvalue weighted by Crippen LogP contribution is -2.30. The maximum atomic E-state index is 13.1. The molecule has 0 aromatic carbocycles. The van der Waals surface area contributed by atoms with Crippen molar-refractivity contribution in [2.24, 2.45) is 5.92 Å². The van der Waals surface area contributed by atoms with Gasteiger partial charge in [0.2, 0.25) is 0 Å². The van der Waals surface area contributed by atoms with E-state index in [1.54, 1.807) is 0 Å². The van der Waals surface area contributed by atoms with Gasteiger partial charge in [0.25, 0.3) is 0 Å². The second-order valence-electron chi connectivity index (χ2n) is 27.5. The molecule has 0 saturated heterocycles. The standard InChI is InChI=1S/C75H146O17P2/c1-6-9-12-15-18-21-24-27-28-30-35-41-46-51-56-61-75(80)92-71(65-86-73(78)59-54-49-44-39-36-31-32-37-42-47-52-57-68(4)5)67-90-94(83,84)88-63-69(76)62-87-93(81,82)89-66-70(64-85-72(77)58-53-48-43-38-33-26-23-20-17-14-11-8-3)91-74(79)60-55-50-45-40-34-29-25-22-19-16-13-10-7-2/h68-71,76H,6-67H2,1-5H3,(H,81,82)(H,83,84)/t69-,70+,71+/m0/s1. The average molecular weight is 1380 g/mol. The van der Waals surface area contributed by atoms with E-state index in [9.17, 15) is 43.2 Å². The van der Waals surface area contributed by atoms with Gasteiger partial charge in [-0.05, 0) is 31.6 Å². The van der Waals surface area contributed by atoms with Crippen LogP contribution >= 0.6 is 15.6 Å². The largest absolute Gasteiger partial charge is 0.472 e. The van der Waals surface area contributed by atoms with Crippen LogP contribution in [0.25, 0.3) is 0 Å². The molecule has 0 aromatic rings. The van der Waals surface area contributed by atoms with E-state index in [0.717, 1.165) is 95.8 Å². The van der Waals surface area contributed by atoms with Gasteiger partial charge in [-0.15, -0.1) is 0 Å². The summed E-state index contributed by atoms with van der Waals surface area (Å²) in [5.41, 5.74) is 0. The molecule has 0 saturated carbocycles. The van der Waals surface area contributed by atoms with E-state index in [4.69, 9.17) is 37.0 Å². The fraction of sp³-hybridized carbons (Fsp3) is 0.947. The SMILES string of the molecule is CCCCCCCCCCCCCCCCCC(=O)O[C@H](COC(=O)CCCCCCCCCCCCCC(C)C)COP(=O)(O)OC[C@@H](O)COP(=O)(O)OC[C@@H](COC(=O)CCCCCCCCCCCCCC)OC(=O)CCCCCCCCCCCCCCC. The van der Waals surface area contributed by atoms with Crippen molar-refractivity contribution in [2.75, 3.05) is 39.6 Å². The molecule has 0 fully saturated rings. The van der Waals surface area contributed by atoms with Gasteiger partial charge in [0.05, 0.1) is 26.4 Å². The Morgan fingerprint density at radius 1 is 0.287 bits per heavy atom. The van der Waals surface area contributed by atoms with Crippen molar-refractivity contribution in [2.45, 2.75) is 412 Å². The molecule has 5 atom stereocenters. The second kappa shape index (κ2) is 68.2. The molecule has 0 rings (SSSR count). The molecule has 0 spiro atoms. The number of carbonyl (C=O) groups is 4. The van der Waals surface area contributed by atoms with E-state index < -0.39 is 97.5 Å². The Bertz CT molecular complexity index is 1810. The number of aliphatic hydroxyl groups is 1. The highest BCUT2D eigenvalue weighted by atomic mass is 31.2. The molecule has 0 bridgehead atoms. The molecule has 0 aromatic heterocycles. The topological polar surface area (TPSA) is 237 Å². The third-order valence-corrected chi connectivity index (χ3v) is 19.4. The van der Waals surface area contributed by atoms with Crippen LogP contribution in [-0.2, 0) is 65.4 Å². The van der Waals surface area contributed by atoms with Crippen molar-refractivity contribution in [1.29, 1.82) is 0 Å². The Balaban J connectivity index is 5.26. The highest BCUT2D eigenvalue weighted by molar-refractivity contribution is 7.47. The first kappa shape index (κ1) is 92.1. The number of carbonyl (C=O) groups excluding carboxylic acids is 4. The van der Waals surface area contributed by atoms with Gasteiger partial charge in [0.15, 0.2) is 12.2 Å². The minimum absolute atomic E-state index is 0.108. The van der Waals surface area contributed by atoms with E-state index in [-0.39, 0.29) is 25.7 Å². The van der Waals surface area contributed by atoms with Crippen LogP contribution < -0.4 is 0 Å². The molecule has 558 valence electrons. The first-order valence-electron chi connectivity index (χ1n) is 39.1. The van der Waals surface area contributed by atoms with Crippen molar-refractivity contribution < 1.29 is 80.2 Å². The average Bonchev–Trinajstić information content (AvgIpc) is 1.25. The molecule has 19 heteroatoms. The fourth-order valence-corrected chi connectivity index (χ4v) is 13.1. The number of hydrogen-bond donors (Lipinski definition) is 3. The summed E-state index contributed by atoms with van der Waals surface area (Å²) >= 11 is 0. The number of phosphoric ester groups is 2. The number of unbranched alkanes of at least 4 members (excludes halogenated alkanes) is 47. The first-order valence-corrected chi connectivity index (χ1v) is 42.1. The van der Waals surface area contributed by atoms with Crippen LogP contribution in [0.15, 0.2) is 0 Å². The monoisotopic (exact) mass is 1380 g/mol. The summed E-state index contributed by atoms with van der Waals surface area (Å²) in [4.78, 5) is 72.8. The lowest BCUT2D eigenvalue weighted by Gasteiger charge is -2.21. The van der Waals surface area contributed by atoms with Gasteiger partial charge in [-0.1, -0.05) is 343 Å². The van der Waals surface area contributed by atoms with Gasteiger partial charge in [-0.3, -0.25) is 37.3 Å². The van der Waals surface area contributed by atoms with Crippen LogP contribution in [-0.4, -0.2) is 96.7 Å². The lowest BCUT2D eigenvalue weighted by atomic mass is 10.0. The second-order valence-corrected chi connectivity index (χ2v) is 30.4. The number of rotatable bonds is 75. The van der Waals surface area contributed by atoms with E-state index in [1.807, 2.05) is 0 Å². The third-order valence-electron chi connectivity index (χ3n) is 17.5. The Hall–Kier alpha value is -1.94. The van der Waals surface area contributed by atoms with Crippen molar-refractivity contribution >= 4 is 39.5 Å². The molecule has 2 unspecified atom stereocenters. The predicted molar refractivity (Wildman–Crippen MR) is 382 cm³/mol. The number of phosphoric acid groups is 2. The molecule has 0 aliphatic carbocycles. The molecule has 94 heavy (non-hydrogen) atoms. The lowest BCUT2D eigenvalue weighted by molar-refractivity contribution is -0.161. The summed E-state index contributed by atoms with van der Waals surface area (Å²) in [6, 6.07) is 0. The minimum Gasteiger partial charge on any atom is -0.462 e. The number of hydrogen-bond acceptors (Lipinski definition) is 15. The van der Waals surface area contributed by atoms with Crippen molar-refractivity contribution in [3.05, 3.63) is 0 Å². The Morgan fingerprint density at radius 3 is 0.723 bits per heavy atom. The highest BCUT2D eigenvalue weighted by Crippen LogP contribution is 2.45. The van der Waals surface area contributed by atoms with Gasteiger partial charge in [0, 0.05) is 25.7 Å². The Labute approximate surface area is 575 Å². The van der Waals surface area contributed by atoms with Crippen molar-refractivity contribution in [3.63, 3.8) is 0 Å². The summed E-state index contributed by atoms with van der Waals surface area (Å²) in [5, 5.41) is 10.6. The molecule has 17 nitrogen and oxygen atoms in total. The van der Waals surface area contributed by atoms with E-state index >= 15 is 0 Å². The first-order chi connectivity index (χ1) is 45.5. The highest BCUT2D eigenvalue weighted by Gasteiger charge is 2.30. The van der Waals surface area contributed by atoms with Crippen LogP contribution in [0.3, 0.4) is 0 Å². The fourth-order valence-electron chi connectivity index (χ4n) is 11.5. The van der Waals surface area contributed by atoms with Gasteiger partial charge >= 0.3 is 39.5 Å². The zero-order chi connectivity index (χ0) is 69.1. The number of aliphatic hydroxyl groups excluding tert-OH is 1. The summed E-state index contributed by atoms with van der Waals surface area (Å²) in [6.07, 6.45) is 56.6. The number of ether oxygens (including phenoxy) is 4. The zero-order valence-electron chi connectivity index (χ0n) is 61.1. The maximum absolute atomic E-state index is 13.1. The zero-order valence-corrected chi connectivity index (χ0v) is 62.9. The molecule has 3 N–H and O–H groups in total. The molecule has 0 aliphatic rings. The normalized spacial score (nSPS) is 14.0. The van der Waals surface area contributed by atoms with E-state index in [2.05, 4.69) is 34.6 Å². The summed E-state index contributed by atoms with van der Waals surface area (Å²) in [5.74, 6) is -1.34. The van der Waals surface area contributed by atoms with E-state index in [1.165, 1.54) is 218 Å². The molecule has 0 heterocycles. The molecule has 0 amide bonds. The molecular weight excluding hydrogens is 1230 g/mol. The third kappa shape index (κ3) is 68.6. The van der Waals surface area contributed by atoms with Gasteiger partial charge in [-0.25, -0.2) is 9.13 Å². The van der Waals surface area contributed by atoms with Crippen LogP contribution in [0.1, 0.15) is 394 Å². The molecule has 0 radical (unpaired) electrons. The summed E-state index contributed by atoms with van der Waals surface area (Å²) < 4.78 is 68.5. The Kier molecular flexibility index (Phi) is 66.8. The van der Waals surface area contributed by atoms with Gasteiger partial charge < -0.3 is 33.8 Å². The molecule has 0 aliphatic heterocycles. The smallest absolute Gasteiger partial charge is 0.462 e. The quantitative estimate of drug-likeness (QED) is 0.0222. The van der Waals surface area contributed by atoms with Crippen molar-refractivity contribution in [3.8, 4) is 0 Å². The summed E-state index contributed by atoms with van der Waals surface area (Å²) in [6.45, 7) is 7.30. The number of esters is 4. The summed E-state index contributed by atoms with van der Waals surface area (Å²) in [7, 11) is -9.91. The minimum atomic E-state index is -4.96. The van der Waals surface area contributed by atoms with Gasteiger partial charge in [-0.2, -0.15) is 0 Å². The van der Waals surface area contributed by atoms with Crippen LogP contribution in [0.2, 0.25) is 0 Å².